The first-order valence-corrected chi connectivity index (χ1v) is 8.42. The van der Waals surface area contributed by atoms with E-state index in [1.165, 1.54) is 16.7 Å². The molecule has 0 N–H and O–H groups in total. The standard InChI is InChI=1S/C18H16F3NOS/c1-3-4-13-9-14-16(24-13)15(10-22(2)17(14)23)11-5-7-12(8-6-11)18(19,20)21/h5-10H,3-4H2,1-2H3. The first kappa shape index (κ1) is 16.8. The van der Waals surface area contributed by atoms with E-state index >= 15 is 0 Å². The van der Waals surface area contributed by atoms with Crippen LogP contribution in [0.25, 0.3) is 21.2 Å². The molecule has 0 amide bonds. The molecule has 0 unspecified atom stereocenters. The van der Waals surface area contributed by atoms with Crippen LogP contribution in [0.15, 0.2) is 41.3 Å². The summed E-state index contributed by atoms with van der Waals surface area (Å²) in [7, 11) is 1.66. The van der Waals surface area contributed by atoms with Crippen LogP contribution in [0, 0.1) is 0 Å². The molecule has 3 aromatic rings. The van der Waals surface area contributed by atoms with Gasteiger partial charge in [-0.15, -0.1) is 11.3 Å². The second-order valence-corrected chi connectivity index (χ2v) is 6.88. The van der Waals surface area contributed by atoms with E-state index in [2.05, 4.69) is 6.92 Å². The van der Waals surface area contributed by atoms with Gasteiger partial charge in [0.1, 0.15) is 0 Å². The number of alkyl halides is 3. The fraction of sp³-hybridized carbons (Fsp3) is 0.278. The van der Waals surface area contributed by atoms with E-state index in [0.29, 0.717) is 10.9 Å². The van der Waals surface area contributed by atoms with Crippen LogP contribution in [0.2, 0.25) is 0 Å². The minimum absolute atomic E-state index is 0.0840. The van der Waals surface area contributed by atoms with Gasteiger partial charge in [-0.2, -0.15) is 13.2 Å². The largest absolute Gasteiger partial charge is 0.416 e. The normalized spacial score (nSPS) is 12.0. The summed E-state index contributed by atoms with van der Waals surface area (Å²) in [5.41, 5.74) is 0.700. The van der Waals surface area contributed by atoms with E-state index in [9.17, 15) is 18.0 Å². The molecule has 2 nitrogen and oxygen atoms in total. The van der Waals surface area contributed by atoms with E-state index in [1.807, 2.05) is 6.07 Å². The summed E-state index contributed by atoms with van der Waals surface area (Å²) in [6.45, 7) is 2.07. The summed E-state index contributed by atoms with van der Waals surface area (Å²) in [5.74, 6) is 0. The number of fused-ring (bicyclic) bond motifs is 1. The first-order chi connectivity index (χ1) is 11.3. The Morgan fingerprint density at radius 3 is 2.42 bits per heavy atom. The van der Waals surface area contributed by atoms with Crippen molar-refractivity contribution < 1.29 is 13.2 Å². The maximum atomic E-state index is 12.7. The number of nitrogens with zero attached hydrogens (tertiary/aromatic N) is 1. The summed E-state index contributed by atoms with van der Waals surface area (Å²) >= 11 is 1.54. The van der Waals surface area contributed by atoms with Gasteiger partial charge in [-0.05, 0) is 30.2 Å². The number of aryl methyl sites for hydroxylation is 2. The lowest BCUT2D eigenvalue weighted by Crippen LogP contribution is -2.15. The van der Waals surface area contributed by atoms with Crippen LogP contribution in [-0.4, -0.2) is 4.57 Å². The number of halogens is 3. The van der Waals surface area contributed by atoms with Gasteiger partial charge in [0.25, 0.3) is 5.56 Å². The Morgan fingerprint density at radius 1 is 1.17 bits per heavy atom. The molecule has 3 rings (SSSR count). The third-order valence-electron chi connectivity index (χ3n) is 3.92. The van der Waals surface area contributed by atoms with E-state index in [1.54, 1.807) is 24.6 Å². The van der Waals surface area contributed by atoms with Gasteiger partial charge in [-0.3, -0.25) is 4.79 Å². The van der Waals surface area contributed by atoms with Gasteiger partial charge in [0, 0.05) is 28.4 Å². The Kier molecular flexibility index (Phi) is 4.25. The molecule has 0 fully saturated rings. The maximum Gasteiger partial charge on any atom is 0.416 e. The van der Waals surface area contributed by atoms with Gasteiger partial charge in [-0.1, -0.05) is 25.5 Å². The average molecular weight is 351 g/mol. The fourth-order valence-electron chi connectivity index (χ4n) is 2.72. The Hall–Kier alpha value is -2.08. The number of thiophene rings is 1. The molecule has 0 aliphatic carbocycles. The number of hydrogen-bond acceptors (Lipinski definition) is 2. The van der Waals surface area contributed by atoms with Crippen molar-refractivity contribution in [3.8, 4) is 11.1 Å². The minimum atomic E-state index is -4.35. The van der Waals surface area contributed by atoms with Gasteiger partial charge in [0.15, 0.2) is 0 Å². The Labute approximate surface area is 141 Å². The fourth-order valence-corrected chi connectivity index (χ4v) is 4.00. The number of hydrogen-bond donors (Lipinski definition) is 0. The Bertz CT molecular complexity index is 936. The second kappa shape index (κ2) is 6.09. The van der Waals surface area contributed by atoms with Crippen LogP contribution < -0.4 is 5.56 Å². The van der Waals surface area contributed by atoms with E-state index < -0.39 is 11.7 Å². The highest BCUT2D eigenvalue weighted by atomic mass is 32.1. The van der Waals surface area contributed by atoms with E-state index in [4.69, 9.17) is 0 Å². The van der Waals surface area contributed by atoms with E-state index in [-0.39, 0.29) is 5.56 Å². The Balaban J connectivity index is 2.18. The van der Waals surface area contributed by atoms with Gasteiger partial charge in [0.2, 0.25) is 0 Å². The van der Waals surface area contributed by atoms with Crippen LogP contribution in [0.5, 0.6) is 0 Å². The molecule has 0 saturated heterocycles. The van der Waals surface area contributed by atoms with Crippen molar-refractivity contribution in [2.24, 2.45) is 7.05 Å². The lowest BCUT2D eigenvalue weighted by molar-refractivity contribution is -0.137. The maximum absolute atomic E-state index is 12.7. The van der Waals surface area contributed by atoms with Crippen LogP contribution in [0.3, 0.4) is 0 Å². The molecule has 24 heavy (non-hydrogen) atoms. The molecule has 0 aliphatic heterocycles. The van der Waals surface area contributed by atoms with Crippen molar-refractivity contribution in [3.05, 3.63) is 57.3 Å². The monoisotopic (exact) mass is 351 g/mol. The van der Waals surface area contributed by atoms with Crippen molar-refractivity contribution in [1.82, 2.24) is 4.57 Å². The zero-order valence-corrected chi connectivity index (χ0v) is 14.1. The number of aromatic nitrogens is 1. The highest BCUT2D eigenvalue weighted by molar-refractivity contribution is 7.19. The van der Waals surface area contributed by atoms with E-state index in [0.717, 1.165) is 40.1 Å². The van der Waals surface area contributed by atoms with Crippen LogP contribution in [-0.2, 0) is 19.6 Å². The highest BCUT2D eigenvalue weighted by Crippen LogP contribution is 2.35. The molecule has 2 aromatic heterocycles. The predicted molar refractivity (Wildman–Crippen MR) is 91.5 cm³/mol. The SMILES string of the molecule is CCCc1cc2c(=O)n(C)cc(-c3ccc(C(F)(F)F)cc3)c2s1. The zero-order valence-electron chi connectivity index (χ0n) is 13.3. The molecule has 0 atom stereocenters. The smallest absolute Gasteiger partial charge is 0.317 e. The second-order valence-electron chi connectivity index (χ2n) is 5.74. The van der Waals surface area contributed by atoms with Crippen molar-refractivity contribution in [3.63, 3.8) is 0 Å². The van der Waals surface area contributed by atoms with Crippen molar-refractivity contribution in [2.45, 2.75) is 25.9 Å². The molecule has 1 aromatic carbocycles. The minimum Gasteiger partial charge on any atom is -0.317 e. The number of pyridine rings is 1. The van der Waals surface area contributed by atoms with Gasteiger partial charge in [0.05, 0.1) is 10.9 Å². The van der Waals surface area contributed by atoms with Crippen LogP contribution in [0.4, 0.5) is 13.2 Å². The summed E-state index contributed by atoms with van der Waals surface area (Å²) in [6, 6.07) is 6.97. The molecule has 0 aliphatic rings. The molecule has 0 spiro atoms. The summed E-state index contributed by atoms with van der Waals surface area (Å²) in [6.07, 6.45) is -0.800. The molecule has 0 radical (unpaired) electrons. The number of benzene rings is 1. The molecule has 126 valence electrons. The average Bonchev–Trinajstić information content (AvgIpc) is 2.95. The Morgan fingerprint density at radius 2 is 1.83 bits per heavy atom. The topological polar surface area (TPSA) is 22.0 Å². The molecule has 0 saturated carbocycles. The summed E-state index contributed by atoms with van der Waals surface area (Å²) in [4.78, 5) is 13.5. The summed E-state index contributed by atoms with van der Waals surface area (Å²) in [5, 5.41) is 0.628. The lowest BCUT2D eigenvalue weighted by atomic mass is 10.0. The first-order valence-electron chi connectivity index (χ1n) is 7.61. The van der Waals surface area contributed by atoms with Gasteiger partial charge >= 0.3 is 6.18 Å². The molecule has 2 heterocycles. The van der Waals surface area contributed by atoms with Crippen LogP contribution >= 0.6 is 11.3 Å². The van der Waals surface area contributed by atoms with Crippen LogP contribution in [0.1, 0.15) is 23.8 Å². The van der Waals surface area contributed by atoms with Crippen molar-refractivity contribution in [1.29, 1.82) is 0 Å². The quantitative estimate of drug-likeness (QED) is 0.633. The molecule has 6 heteroatoms. The molecular weight excluding hydrogens is 335 g/mol. The number of rotatable bonds is 3. The summed E-state index contributed by atoms with van der Waals surface area (Å²) < 4.78 is 40.5. The third kappa shape index (κ3) is 2.98. The molecule has 0 bridgehead atoms. The van der Waals surface area contributed by atoms with Crippen molar-refractivity contribution >= 4 is 21.4 Å². The zero-order chi connectivity index (χ0) is 17.5. The predicted octanol–water partition coefficient (Wildman–Crippen LogP) is 5.24. The molecular formula is C18H16F3NOS. The lowest BCUT2D eigenvalue weighted by Gasteiger charge is -2.09. The van der Waals surface area contributed by atoms with Gasteiger partial charge in [-0.25, -0.2) is 0 Å². The van der Waals surface area contributed by atoms with Gasteiger partial charge < -0.3 is 4.57 Å². The highest BCUT2D eigenvalue weighted by Gasteiger charge is 2.30. The van der Waals surface area contributed by atoms with Crippen molar-refractivity contribution in [2.75, 3.05) is 0 Å². The third-order valence-corrected chi connectivity index (χ3v) is 5.15.